The van der Waals surface area contributed by atoms with Crippen molar-refractivity contribution in [3.8, 4) is 5.75 Å². The maximum absolute atomic E-state index is 13.1. The second-order valence-corrected chi connectivity index (χ2v) is 7.63. The Morgan fingerprint density at radius 3 is 1.89 bits per heavy atom. The van der Waals surface area contributed by atoms with E-state index in [2.05, 4.69) is 33.0 Å². The van der Waals surface area contributed by atoms with Gasteiger partial charge in [0.25, 0.3) is 0 Å². The first-order valence-electron chi connectivity index (χ1n) is 9.22. The maximum atomic E-state index is 13.1. The number of hydrogen-bond donors (Lipinski definition) is 1. The van der Waals surface area contributed by atoms with Crippen LogP contribution in [-0.4, -0.2) is 13.8 Å². The molecule has 0 aliphatic heterocycles. The molecule has 0 aromatic heterocycles. The van der Waals surface area contributed by atoms with Crippen molar-refractivity contribution in [2.24, 2.45) is 5.41 Å². The Bertz CT molecular complexity index is 717. The van der Waals surface area contributed by atoms with Gasteiger partial charge in [0.05, 0.1) is 0 Å². The molecule has 1 N–H and O–H groups in total. The number of carbonyl (C=O) groups excluding carboxylic acids is 1. The van der Waals surface area contributed by atoms with Crippen molar-refractivity contribution < 1.29 is 18.3 Å². The number of ether oxygens (including phenoxy) is 1. The number of benzene rings is 2. The highest BCUT2D eigenvalue weighted by Crippen LogP contribution is 2.26. The smallest absolute Gasteiger partial charge is 0.159 e. The van der Waals surface area contributed by atoms with Crippen LogP contribution in [-0.2, 0) is 11.4 Å². The van der Waals surface area contributed by atoms with Gasteiger partial charge in [0.15, 0.2) is 11.6 Å². The van der Waals surface area contributed by atoms with Crippen LogP contribution in [0.3, 0.4) is 0 Å². The summed E-state index contributed by atoms with van der Waals surface area (Å²) in [7, 11) is 1.87. The number of carbonyl (C=O) groups is 1. The Labute approximate surface area is 168 Å². The molecule has 0 heterocycles. The van der Waals surface area contributed by atoms with Crippen molar-refractivity contribution in [3.63, 3.8) is 0 Å². The van der Waals surface area contributed by atoms with Crippen molar-refractivity contribution in [1.82, 2.24) is 0 Å². The lowest BCUT2D eigenvalue weighted by Crippen LogP contribution is -2.00. The Morgan fingerprint density at radius 2 is 1.50 bits per heavy atom. The monoisotopic (exact) mass is 393 g/mol. The minimum atomic E-state index is -0.857. The molecule has 3 nitrogen and oxygen atoms in total. The van der Waals surface area contributed by atoms with Gasteiger partial charge >= 0.3 is 0 Å². The minimum Gasteiger partial charge on any atom is -0.489 e. The summed E-state index contributed by atoms with van der Waals surface area (Å²) in [6, 6.07) is 7.60. The van der Waals surface area contributed by atoms with Gasteiger partial charge in [0.1, 0.15) is 19.1 Å². The molecule has 0 saturated carbocycles. The average molecular weight is 394 g/mol. The molecular weight excluding hydrogens is 360 g/mol. The topological polar surface area (TPSA) is 38.3 Å². The molecule has 0 radical (unpaired) electrons. The van der Waals surface area contributed by atoms with Gasteiger partial charge < -0.3 is 14.8 Å². The summed E-state index contributed by atoms with van der Waals surface area (Å²) in [6.45, 7) is 15.1. The van der Waals surface area contributed by atoms with E-state index >= 15 is 0 Å². The molecule has 2 rings (SSSR count). The van der Waals surface area contributed by atoms with Crippen molar-refractivity contribution in [1.29, 1.82) is 0 Å². The summed E-state index contributed by atoms with van der Waals surface area (Å²) in [6.07, 6.45) is 1.27. The average Bonchev–Trinajstić information content (AvgIpc) is 2.64. The number of halogens is 2. The molecule has 0 bridgehead atoms. The van der Waals surface area contributed by atoms with Crippen LogP contribution in [0.1, 0.15) is 50.8 Å². The highest BCUT2D eigenvalue weighted by Gasteiger charge is 2.06. The molecule has 0 atom stereocenters. The summed E-state index contributed by atoms with van der Waals surface area (Å²) in [5, 5.41) is 3.13. The predicted octanol–water partition coefficient (Wildman–Crippen LogP) is 6.46. The highest BCUT2D eigenvalue weighted by atomic mass is 19.2. The highest BCUT2D eigenvalue weighted by molar-refractivity contribution is 5.59. The minimum absolute atomic E-state index is 0.203. The normalized spacial score (nSPS) is 10.2. The van der Waals surface area contributed by atoms with E-state index in [0.29, 0.717) is 16.7 Å². The summed E-state index contributed by atoms with van der Waals surface area (Å²) in [5.41, 5.74) is 4.36. The van der Waals surface area contributed by atoms with E-state index in [1.54, 1.807) is 0 Å². The molecule has 28 heavy (non-hydrogen) atoms. The van der Waals surface area contributed by atoms with Crippen molar-refractivity contribution in [2.45, 2.75) is 54.6 Å². The van der Waals surface area contributed by atoms with E-state index in [1.165, 1.54) is 12.5 Å². The number of rotatable bonds is 4. The Kier molecular flexibility index (Phi) is 11.1. The van der Waals surface area contributed by atoms with E-state index in [1.807, 2.05) is 39.8 Å². The zero-order valence-electron chi connectivity index (χ0n) is 18.1. The lowest BCUT2D eigenvalue weighted by Gasteiger charge is -2.13. The van der Waals surface area contributed by atoms with Gasteiger partial charge in [0.2, 0.25) is 0 Å². The first kappa shape index (κ1) is 25.6. The molecule has 0 fully saturated rings. The van der Waals surface area contributed by atoms with Gasteiger partial charge in [-0.25, -0.2) is 8.78 Å². The predicted molar refractivity (Wildman–Crippen MR) is 113 cm³/mol. The third-order valence-corrected chi connectivity index (χ3v) is 4.21. The molecule has 156 valence electrons. The summed E-state index contributed by atoms with van der Waals surface area (Å²) in [4.78, 5) is 8.00. The summed E-state index contributed by atoms with van der Waals surface area (Å²) < 4.78 is 31.6. The van der Waals surface area contributed by atoms with Gasteiger partial charge in [-0.15, -0.1) is 0 Å². The summed E-state index contributed by atoms with van der Waals surface area (Å²) >= 11 is 0. The van der Waals surface area contributed by atoms with Crippen LogP contribution in [0.2, 0.25) is 0 Å². The third kappa shape index (κ3) is 8.98. The van der Waals surface area contributed by atoms with Crippen LogP contribution in [0, 0.1) is 30.9 Å². The van der Waals surface area contributed by atoms with Crippen LogP contribution >= 0.6 is 0 Å². The molecule has 0 aliphatic carbocycles. The SMILES string of the molecule is C=O.CCC(C)(C)C.CNc1c(C)cc(OCc2ccc(F)c(F)c2)cc1C. The Balaban J connectivity index is 0.000000780. The Hall–Kier alpha value is -2.43. The quantitative estimate of drug-likeness (QED) is 0.648. The largest absolute Gasteiger partial charge is 0.489 e. The number of hydrogen-bond acceptors (Lipinski definition) is 3. The standard InChI is InChI=1S/C16H17F2NO.C6H14.CH2O/c1-10-6-13(7-11(2)16(10)19-3)20-9-12-4-5-14(17)15(18)8-12;1-5-6(2,3)4;1-2/h4-8,19H,9H2,1-3H3;5H2,1-4H3;1H2. The molecule has 0 amide bonds. The van der Waals surface area contributed by atoms with E-state index < -0.39 is 11.6 Å². The van der Waals surface area contributed by atoms with Crippen molar-refractivity contribution in [3.05, 3.63) is 58.7 Å². The molecule has 0 saturated heterocycles. The number of nitrogens with one attached hydrogen (secondary N) is 1. The molecule has 0 aliphatic rings. The fourth-order valence-corrected chi connectivity index (χ4v) is 2.20. The molecule has 2 aromatic carbocycles. The van der Waals surface area contributed by atoms with E-state index in [4.69, 9.17) is 9.53 Å². The number of aryl methyl sites for hydroxylation is 2. The van der Waals surface area contributed by atoms with Gasteiger partial charge in [-0.05, 0) is 60.2 Å². The first-order valence-corrected chi connectivity index (χ1v) is 9.22. The Morgan fingerprint density at radius 1 is 1.00 bits per heavy atom. The fourth-order valence-electron chi connectivity index (χ4n) is 2.20. The van der Waals surface area contributed by atoms with Gasteiger partial charge in [-0.2, -0.15) is 0 Å². The van der Waals surface area contributed by atoms with Gasteiger partial charge in [-0.3, -0.25) is 0 Å². The summed E-state index contributed by atoms with van der Waals surface area (Å²) in [5.74, 6) is -0.994. The van der Waals surface area contributed by atoms with Crippen LogP contribution < -0.4 is 10.1 Å². The van der Waals surface area contributed by atoms with E-state index in [0.717, 1.165) is 28.9 Å². The van der Waals surface area contributed by atoms with Crippen LogP contribution in [0.15, 0.2) is 30.3 Å². The third-order valence-electron chi connectivity index (χ3n) is 4.21. The maximum Gasteiger partial charge on any atom is 0.159 e. The van der Waals surface area contributed by atoms with Gasteiger partial charge in [-0.1, -0.05) is 40.2 Å². The lowest BCUT2D eigenvalue weighted by molar-refractivity contribution is -0.0979. The van der Waals surface area contributed by atoms with Gasteiger partial charge in [0, 0.05) is 12.7 Å². The van der Waals surface area contributed by atoms with E-state index in [9.17, 15) is 8.78 Å². The van der Waals surface area contributed by atoms with Crippen molar-refractivity contribution in [2.75, 3.05) is 12.4 Å². The fraction of sp³-hybridized carbons (Fsp3) is 0.435. The zero-order valence-corrected chi connectivity index (χ0v) is 18.1. The van der Waals surface area contributed by atoms with Crippen LogP contribution in [0.25, 0.3) is 0 Å². The first-order chi connectivity index (χ1) is 13.1. The van der Waals surface area contributed by atoms with E-state index in [-0.39, 0.29) is 6.61 Å². The molecular formula is C23H33F2NO2. The van der Waals surface area contributed by atoms with Crippen molar-refractivity contribution >= 4 is 12.5 Å². The number of anilines is 1. The zero-order chi connectivity index (χ0) is 21.9. The second-order valence-electron chi connectivity index (χ2n) is 7.63. The second kappa shape index (κ2) is 12.1. The van der Waals surface area contributed by atoms with Crippen LogP contribution in [0.5, 0.6) is 5.75 Å². The van der Waals surface area contributed by atoms with Crippen LogP contribution in [0.4, 0.5) is 14.5 Å². The molecule has 0 spiro atoms. The molecule has 2 aromatic rings. The molecule has 0 unspecified atom stereocenters. The molecule has 5 heteroatoms. The lowest BCUT2D eigenvalue weighted by atomic mass is 9.94.